The highest BCUT2D eigenvalue weighted by molar-refractivity contribution is 5.70. The summed E-state index contributed by atoms with van der Waals surface area (Å²) < 4.78 is 1.76. The Hall–Kier alpha value is -1.91. The van der Waals surface area contributed by atoms with Crippen LogP contribution in [0, 0.1) is 0 Å². The van der Waals surface area contributed by atoms with E-state index in [1.165, 1.54) is 0 Å². The molecule has 0 atom stereocenters. The summed E-state index contributed by atoms with van der Waals surface area (Å²) in [6.07, 6.45) is 5.88. The van der Waals surface area contributed by atoms with E-state index < -0.39 is 5.97 Å². The van der Waals surface area contributed by atoms with Crippen LogP contribution in [0.2, 0.25) is 0 Å². The van der Waals surface area contributed by atoms with E-state index in [1.54, 1.807) is 23.1 Å². The highest BCUT2D eigenvalue weighted by Crippen LogP contribution is 2.10. The SMILES string of the molecule is CCc1cncn2cc(CC(=O)O)nc12. The molecule has 0 aromatic carbocycles. The van der Waals surface area contributed by atoms with Crippen molar-refractivity contribution >= 4 is 11.6 Å². The molecule has 2 heterocycles. The average molecular weight is 205 g/mol. The zero-order valence-corrected chi connectivity index (χ0v) is 8.34. The van der Waals surface area contributed by atoms with Crippen molar-refractivity contribution in [2.45, 2.75) is 19.8 Å². The van der Waals surface area contributed by atoms with Gasteiger partial charge in [0, 0.05) is 18.0 Å². The highest BCUT2D eigenvalue weighted by atomic mass is 16.4. The molecule has 0 radical (unpaired) electrons. The molecule has 5 heteroatoms. The summed E-state index contributed by atoms with van der Waals surface area (Å²) in [6, 6.07) is 0. The Labute approximate surface area is 86.4 Å². The molecule has 0 amide bonds. The number of aliphatic carboxylic acids is 1. The number of hydrogen-bond acceptors (Lipinski definition) is 3. The molecule has 0 fully saturated rings. The lowest BCUT2D eigenvalue weighted by Crippen LogP contribution is -1.99. The maximum absolute atomic E-state index is 10.5. The van der Waals surface area contributed by atoms with E-state index in [-0.39, 0.29) is 6.42 Å². The maximum Gasteiger partial charge on any atom is 0.309 e. The van der Waals surface area contributed by atoms with Crippen LogP contribution in [-0.2, 0) is 17.6 Å². The Morgan fingerprint density at radius 2 is 2.40 bits per heavy atom. The van der Waals surface area contributed by atoms with E-state index in [9.17, 15) is 4.79 Å². The first-order valence-electron chi connectivity index (χ1n) is 4.73. The maximum atomic E-state index is 10.5. The predicted molar refractivity (Wildman–Crippen MR) is 53.7 cm³/mol. The summed E-state index contributed by atoms with van der Waals surface area (Å²) in [4.78, 5) is 18.9. The third-order valence-electron chi connectivity index (χ3n) is 2.20. The van der Waals surface area contributed by atoms with Gasteiger partial charge in [0.05, 0.1) is 12.1 Å². The molecule has 1 N–H and O–H groups in total. The Bertz CT molecular complexity index is 504. The fourth-order valence-electron chi connectivity index (χ4n) is 1.51. The topological polar surface area (TPSA) is 67.5 Å². The number of carboxylic acid groups (broad SMARTS) is 1. The van der Waals surface area contributed by atoms with E-state index in [0.717, 1.165) is 17.6 Å². The van der Waals surface area contributed by atoms with Gasteiger partial charge in [-0.3, -0.25) is 9.20 Å². The van der Waals surface area contributed by atoms with Gasteiger partial charge in [-0.1, -0.05) is 6.92 Å². The van der Waals surface area contributed by atoms with Crippen molar-refractivity contribution in [3.8, 4) is 0 Å². The summed E-state index contributed by atoms with van der Waals surface area (Å²) in [5.41, 5.74) is 2.38. The number of fused-ring (bicyclic) bond motifs is 1. The zero-order chi connectivity index (χ0) is 10.8. The Morgan fingerprint density at radius 1 is 1.60 bits per heavy atom. The molecule has 0 saturated heterocycles. The number of aryl methyl sites for hydroxylation is 1. The van der Waals surface area contributed by atoms with Crippen LogP contribution in [0.5, 0.6) is 0 Å². The monoisotopic (exact) mass is 205 g/mol. The number of hydrogen-bond donors (Lipinski definition) is 1. The molecule has 0 unspecified atom stereocenters. The van der Waals surface area contributed by atoms with Crippen LogP contribution in [0.15, 0.2) is 18.7 Å². The minimum Gasteiger partial charge on any atom is -0.481 e. The van der Waals surface area contributed by atoms with Crippen LogP contribution in [-0.4, -0.2) is 25.4 Å². The molecule has 78 valence electrons. The highest BCUT2D eigenvalue weighted by Gasteiger charge is 2.08. The third-order valence-corrected chi connectivity index (χ3v) is 2.20. The van der Waals surface area contributed by atoms with Crippen molar-refractivity contribution in [2.75, 3.05) is 0 Å². The summed E-state index contributed by atoms with van der Waals surface area (Å²) >= 11 is 0. The first-order valence-corrected chi connectivity index (χ1v) is 4.73. The lowest BCUT2D eigenvalue weighted by molar-refractivity contribution is -0.136. The second-order valence-corrected chi connectivity index (χ2v) is 3.31. The van der Waals surface area contributed by atoms with Gasteiger partial charge in [-0.2, -0.15) is 0 Å². The summed E-state index contributed by atoms with van der Waals surface area (Å²) in [5.74, 6) is -0.871. The van der Waals surface area contributed by atoms with Crippen LogP contribution < -0.4 is 0 Å². The van der Waals surface area contributed by atoms with E-state index in [2.05, 4.69) is 9.97 Å². The first-order chi connectivity index (χ1) is 7.20. The molecule has 2 aromatic rings. The van der Waals surface area contributed by atoms with Crippen molar-refractivity contribution < 1.29 is 9.90 Å². The molecule has 0 bridgehead atoms. The normalized spacial score (nSPS) is 10.7. The van der Waals surface area contributed by atoms with Crippen molar-refractivity contribution in [1.29, 1.82) is 0 Å². The lowest BCUT2D eigenvalue weighted by Gasteiger charge is -1.96. The fourth-order valence-corrected chi connectivity index (χ4v) is 1.51. The average Bonchev–Trinajstić information content (AvgIpc) is 2.58. The van der Waals surface area contributed by atoms with Crippen molar-refractivity contribution in [1.82, 2.24) is 14.4 Å². The molecule has 0 aliphatic rings. The van der Waals surface area contributed by atoms with Crippen molar-refractivity contribution in [3.63, 3.8) is 0 Å². The minimum absolute atomic E-state index is 0.0508. The molecule has 0 spiro atoms. The Balaban J connectivity index is 2.50. The second kappa shape index (κ2) is 3.68. The van der Waals surface area contributed by atoms with Gasteiger partial charge in [0.1, 0.15) is 12.0 Å². The van der Waals surface area contributed by atoms with Gasteiger partial charge in [0.15, 0.2) is 0 Å². The number of aromatic nitrogens is 3. The van der Waals surface area contributed by atoms with Crippen molar-refractivity contribution in [2.24, 2.45) is 0 Å². The molecule has 0 aliphatic heterocycles. The quantitative estimate of drug-likeness (QED) is 0.809. The van der Waals surface area contributed by atoms with Crippen LogP contribution in [0.1, 0.15) is 18.2 Å². The summed E-state index contributed by atoms with van der Waals surface area (Å²) in [6.45, 7) is 2.02. The molecule has 0 saturated carbocycles. The number of imidazole rings is 1. The van der Waals surface area contributed by atoms with Crippen LogP contribution in [0.25, 0.3) is 5.65 Å². The molecule has 0 aliphatic carbocycles. The van der Waals surface area contributed by atoms with Crippen molar-refractivity contribution in [3.05, 3.63) is 30.0 Å². The molecule has 2 rings (SSSR count). The van der Waals surface area contributed by atoms with Gasteiger partial charge in [0.25, 0.3) is 0 Å². The van der Waals surface area contributed by atoms with Crippen LogP contribution in [0.4, 0.5) is 0 Å². The second-order valence-electron chi connectivity index (χ2n) is 3.31. The Kier molecular flexibility index (Phi) is 2.37. The molecular formula is C10H11N3O2. The van der Waals surface area contributed by atoms with Gasteiger partial charge in [-0.05, 0) is 6.42 Å². The minimum atomic E-state index is -0.871. The summed E-state index contributed by atoms with van der Waals surface area (Å²) in [7, 11) is 0. The molecular weight excluding hydrogens is 194 g/mol. The Morgan fingerprint density at radius 3 is 3.07 bits per heavy atom. The van der Waals surface area contributed by atoms with Crippen LogP contribution in [0.3, 0.4) is 0 Å². The molecule has 5 nitrogen and oxygen atoms in total. The largest absolute Gasteiger partial charge is 0.481 e. The van der Waals surface area contributed by atoms with Gasteiger partial charge in [-0.25, -0.2) is 9.97 Å². The number of rotatable bonds is 3. The summed E-state index contributed by atoms with van der Waals surface area (Å²) in [5, 5.41) is 8.65. The van der Waals surface area contributed by atoms with Gasteiger partial charge in [-0.15, -0.1) is 0 Å². The van der Waals surface area contributed by atoms with Gasteiger partial charge >= 0.3 is 5.97 Å². The lowest BCUT2D eigenvalue weighted by atomic mass is 10.2. The molecule has 15 heavy (non-hydrogen) atoms. The van der Waals surface area contributed by atoms with Gasteiger partial charge in [0.2, 0.25) is 0 Å². The van der Waals surface area contributed by atoms with Crippen LogP contribution >= 0.6 is 0 Å². The number of nitrogens with zero attached hydrogens (tertiary/aromatic N) is 3. The van der Waals surface area contributed by atoms with Gasteiger partial charge < -0.3 is 5.11 Å². The van der Waals surface area contributed by atoms with E-state index >= 15 is 0 Å². The zero-order valence-electron chi connectivity index (χ0n) is 8.34. The molecule has 2 aromatic heterocycles. The first kappa shape index (κ1) is 9.64. The standard InChI is InChI=1S/C10H11N3O2/c1-2-7-4-11-6-13-5-8(3-9(14)15)12-10(7)13/h4-6H,2-3H2,1H3,(H,14,15). The van der Waals surface area contributed by atoms with E-state index in [4.69, 9.17) is 5.11 Å². The number of carbonyl (C=O) groups is 1. The van der Waals surface area contributed by atoms with E-state index in [0.29, 0.717) is 5.69 Å². The predicted octanol–water partition coefficient (Wildman–Crippen LogP) is 0.919. The third kappa shape index (κ3) is 1.81. The fraction of sp³-hybridized carbons (Fsp3) is 0.300. The smallest absolute Gasteiger partial charge is 0.309 e. The number of carboxylic acids is 1. The van der Waals surface area contributed by atoms with E-state index in [1.807, 2.05) is 6.92 Å².